The molecule has 0 aliphatic heterocycles. The summed E-state index contributed by atoms with van der Waals surface area (Å²) in [5, 5.41) is 0. The van der Waals surface area contributed by atoms with Crippen molar-refractivity contribution in [1.82, 2.24) is 4.90 Å². The lowest BCUT2D eigenvalue weighted by Crippen LogP contribution is -2.40. The normalized spacial score (nSPS) is 12.0. The van der Waals surface area contributed by atoms with Crippen LogP contribution < -0.4 is 10.5 Å². The molecule has 0 fully saturated rings. The molecule has 1 aromatic carbocycles. The first-order valence-electron chi connectivity index (χ1n) is 5.68. The first-order valence-corrected chi connectivity index (χ1v) is 5.68. The summed E-state index contributed by atoms with van der Waals surface area (Å²) in [6, 6.07) is 7.41. The standard InChI is InChI=1S/C13H20N2O2/c1-10(14)13(16)15(2)9-8-11-4-6-12(17-3)7-5-11/h4-7,10H,8-9,14H2,1-3H3. The van der Waals surface area contributed by atoms with Crippen LogP contribution in [0.3, 0.4) is 0 Å². The van der Waals surface area contributed by atoms with Crippen LogP contribution in [-0.4, -0.2) is 37.6 Å². The van der Waals surface area contributed by atoms with Gasteiger partial charge in [-0.15, -0.1) is 0 Å². The molecule has 1 unspecified atom stereocenters. The predicted molar refractivity (Wildman–Crippen MR) is 68.0 cm³/mol. The van der Waals surface area contributed by atoms with E-state index >= 15 is 0 Å². The number of hydrogen-bond acceptors (Lipinski definition) is 3. The Bertz CT molecular complexity index is 360. The Hall–Kier alpha value is -1.55. The second-order valence-electron chi connectivity index (χ2n) is 4.15. The van der Waals surface area contributed by atoms with Crippen molar-refractivity contribution in [1.29, 1.82) is 0 Å². The number of methoxy groups -OCH3 is 1. The van der Waals surface area contributed by atoms with Gasteiger partial charge in [0.2, 0.25) is 5.91 Å². The summed E-state index contributed by atoms with van der Waals surface area (Å²) in [4.78, 5) is 13.2. The van der Waals surface area contributed by atoms with Crippen molar-refractivity contribution in [2.24, 2.45) is 5.73 Å². The van der Waals surface area contributed by atoms with E-state index in [2.05, 4.69) is 0 Å². The van der Waals surface area contributed by atoms with Gasteiger partial charge in [-0.2, -0.15) is 0 Å². The van der Waals surface area contributed by atoms with E-state index in [1.54, 1.807) is 26.0 Å². The lowest BCUT2D eigenvalue weighted by molar-refractivity contribution is -0.130. The highest BCUT2D eigenvalue weighted by Crippen LogP contribution is 2.11. The molecule has 0 aliphatic rings. The summed E-state index contributed by atoms with van der Waals surface area (Å²) in [6.07, 6.45) is 0.818. The maximum Gasteiger partial charge on any atom is 0.238 e. The van der Waals surface area contributed by atoms with E-state index in [0.717, 1.165) is 12.2 Å². The molecule has 4 heteroatoms. The highest BCUT2D eigenvalue weighted by molar-refractivity contribution is 5.80. The minimum atomic E-state index is -0.434. The molecule has 0 aliphatic carbocycles. The zero-order valence-corrected chi connectivity index (χ0v) is 10.6. The number of carbonyl (C=O) groups excluding carboxylic acids is 1. The number of nitrogens with zero attached hydrogens (tertiary/aromatic N) is 1. The molecule has 17 heavy (non-hydrogen) atoms. The molecule has 2 N–H and O–H groups in total. The zero-order valence-electron chi connectivity index (χ0n) is 10.6. The van der Waals surface area contributed by atoms with E-state index in [0.29, 0.717) is 6.54 Å². The van der Waals surface area contributed by atoms with Gasteiger partial charge in [-0.1, -0.05) is 12.1 Å². The van der Waals surface area contributed by atoms with Gasteiger partial charge in [0.15, 0.2) is 0 Å². The van der Waals surface area contributed by atoms with Gasteiger partial charge in [0.25, 0.3) is 0 Å². The molecule has 1 aromatic rings. The fourth-order valence-corrected chi connectivity index (χ4v) is 1.55. The lowest BCUT2D eigenvalue weighted by Gasteiger charge is -2.19. The van der Waals surface area contributed by atoms with Crippen molar-refractivity contribution in [2.45, 2.75) is 19.4 Å². The van der Waals surface area contributed by atoms with Crippen molar-refractivity contribution < 1.29 is 9.53 Å². The van der Waals surface area contributed by atoms with Gasteiger partial charge < -0.3 is 15.4 Å². The number of rotatable bonds is 5. The molecule has 94 valence electrons. The minimum Gasteiger partial charge on any atom is -0.497 e. The van der Waals surface area contributed by atoms with Crippen molar-refractivity contribution in [2.75, 3.05) is 20.7 Å². The minimum absolute atomic E-state index is 0.0292. The third-order valence-electron chi connectivity index (χ3n) is 2.66. The topological polar surface area (TPSA) is 55.6 Å². The first kappa shape index (κ1) is 13.5. The third kappa shape index (κ3) is 4.07. The van der Waals surface area contributed by atoms with E-state index in [9.17, 15) is 4.79 Å². The summed E-state index contributed by atoms with van der Waals surface area (Å²) in [6.45, 7) is 2.37. The largest absolute Gasteiger partial charge is 0.497 e. The molecule has 1 atom stereocenters. The second kappa shape index (κ2) is 6.25. The zero-order chi connectivity index (χ0) is 12.8. The van der Waals surface area contributed by atoms with Gasteiger partial charge in [-0.3, -0.25) is 4.79 Å². The molecule has 0 saturated heterocycles. The van der Waals surface area contributed by atoms with Crippen LogP contribution in [0.15, 0.2) is 24.3 Å². The molecule has 4 nitrogen and oxygen atoms in total. The van der Waals surface area contributed by atoms with Crippen molar-refractivity contribution in [3.63, 3.8) is 0 Å². The summed E-state index contributed by atoms with van der Waals surface area (Å²) in [5.74, 6) is 0.812. The van der Waals surface area contributed by atoms with Crippen molar-refractivity contribution >= 4 is 5.91 Å². The van der Waals surface area contributed by atoms with Gasteiger partial charge in [0.1, 0.15) is 5.75 Å². The summed E-state index contributed by atoms with van der Waals surface area (Å²) < 4.78 is 5.08. The van der Waals surface area contributed by atoms with Gasteiger partial charge in [0, 0.05) is 13.6 Å². The molecule has 0 saturated carbocycles. The summed E-state index contributed by atoms with van der Waals surface area (Å²) >= 11 is 0. The maximum absolute atomic E-state index is 11.5. The second-order valence-corrected chi connectivity index (χ2v) is 4.15. The van der Waals surface area contributed by atoms with Gasteiger partial charge in [0.05, 0.1) is 13.2 Å². The van der Waals surface area contributed by atoms with Crippen LogP contribution in [0, 0.1) is 0 Å². The molecule has 0 radical (unpaired) electrons. The van der Waals surface area contributed by atoms with E-state index < -0.39 is 6.04 Å². The van der Waals surface area contributed by atoms with Crippen LogP contribution >= 0.6 is 0 Å². The van der Waals surface area contributed by atoms with Gasteiger partial charge in [-0.05, 0) is 31.0 Å². The number of ether oxygens (including phenoxy) is 1. The summed E-state index contributed by atoms with van der Waals surface area (Å²) in [7, 11) is 3.42. The van der Waals surface area contributed by atoms with Crippen LogP contribution in [0.5, 0.6) is 5.75 Å². The molecule has 0 heterocycles. The third-order valence-corrected chi connectivity index (χ3v) is 2.66. The lowest BCUT2D eigenvalue weighted by atomic mass is 10.1. The Morgan fingerprint density at radius 1 is 1.41 bits per heavy atom. The van der Waals surface area contributed by atoms with E-state index in [1.807, 2.05) is 24.3 Å². The van der Waals surface area contributed by atoms with Crippen LogP contribution in [0.1, 0.15) is 12.5 Å². The summed E-state index contributed by atoms with van der Waals surface area (Å²) in [5.41, 5.74) is 6.71. The highest BCUT2D eigenvalue weighted by Gasteiger charge is 2.12. The number of hydrogen-bond donors (Lipinski definition) is 1. The number of likely N-dealkylation sites (N-methyl/N-ethyl adjacent to an activating group) is 1. The van der Waals surface area contributed by atoms with Crippen LogP contribution in [0.4, 0.5) is 0 Å². The maximum atomic E-state index is 11.5. The quantitative estimate of drug-likeness (QED) is 0.831. The van der Waals surface area contributed by atoms with Crippen LogP contribution in [0.25, 0.3) is 0 Å². The fraction of sp³-hybridized carbons (Fsp3) is 0.462. The van der Waals surface area contributed by atoms with E-state index in [4.69, 9.17) is 10.5 Å². The van der Waals surface area contributed by atoms with Gasteiger partial charge >= 0.3 is 0 Å². The Morgan fingerprint density at radius 3 is 2.47 bits per heavy atom. The van der Waals surface area contributed by atoms with E-state index in [-0.39, 0.29) is 5.91 Å². The molecular weight excluding hydrogens is 216 g/mol. The molecule has 0 spiro atoms. The van der Waals surface area contributed by atoms with Crippen molar-refractivity contribution in [3.05, 3.63) is 29.8 Å². The Balaban J connectivity index is 2.47. The number of nitrogens with two attached hydrogens (primary N) is 1. The number of carbonyl (C=O) groups is 1. The smallest absolute Gasteiger partial charge is 0.238 e. The number of benzene rings is 1. The fourth-order valence-electron chi connectivity index (χ4n) is 1.55. The monoisotopic (exact) mass is 236 g/mol. The molecule has 1 amide bonds. The van der Waals surface area contributed by atoms with Crippen molar-refractivity contribution in [3.8, 4) is 5.75 Å². The average Bonchev–Trinajstić information content (AvgIpc) is 2.35. The Morgan fingerprint density at radius 2 is 2.00 bits per heavy atom. The molecular formula is C13H20N2O2. The number of amides is 1. The van der Waals surface area contributed by atoms with Crippen LogP contribution in [-0.2, 0) is 11.2 Å². The van der Waals surface area contributed by atoms with Gasteiger partial charge in [-0.25, -0.2) is 0 Å². The molecule has 1 rings (SSSR count). The average molecular weight is 236 g/mol. The first-order chi connectivity index (χ1) is 8.04. The SMILES string of the molecule is COc1ccc(CCN(C)C(=O)C(C)N)cc1. The Kier molecular flexibility index (Phi) is 4.97. The predicted octanol–water partition coefficient (Wildman–Crippen LogP) is 1.04. The molecule has 0 bridgehead atoms. The van der Waals surface area contributed by atoms with Crippen LogP contribution in [0.2, 0.25) is 0 Å². The van der Waals surface area contributed by atoms with E-state index in [1.165, 1.54) is 5.56 Å². The highest BCUT2D eigenvalue weighted by atomic mass is 16.5. The Labute approximate surface area is 102 Å². The molecule has 0 aromatic heterocycles.